The summed E-state index contributed by atoms with van der Waals surface area (Å²) < 4.78 is 0. The smallest absolute Gasteiger partial charge is 0.221 e. The lowest BCUT2D eigenvalue weighted by Crippen LogP contribution is -2.69. The number of amides is 1. The minimum absolute atomic E-state index is 0.177. The molecule has 3 rings (SSSR count). The molecular formula is C26H31NOSi. The molecule has 29 heavy (non-hydrogen) atoms. The molecule has 0 aliphatic heterocycles. The Labute approximate surface area is 176 Å². The van der Waals surface area contributed by atoms with Gasteiger partial charge >= 0.3 is 0 Å². The highest BCUT2D eigenvalue weighted by Gasteiger charge is 2.42. The summed E-state index contributed by atoms with van der Waals surface area (Å²) in [5.41, 5.74) is 0. The van der Waals surface area contributed by atoms with Crippen LogP contribution in [0.2, 0.25) is 6.04 Å². The van der Waals surface area contributed by atoms with Crippen LogP contribution in [-0.4, -0.2) is 31.0 Å². The van der Waals surface area contributed by atoms with Gasteiger partial charge in [0.05, 0.1) is 0 Å². The van der Waals surface area contributed by atoms with E-state index in [1.807, 2.05) is 4.90 Å². The third-order valence-electron chi connectivity index (χ3n) is 5.62. The molecule has 0 aliphatic rings. The maximum absolute atomic E-state index is 13.7. The largest absolute Gasteiger partial charge is 0.338 e. The van der Waals surface area contributed by atoms with Gasteiger partial charge in [0.25, 0.3) is 0 Å². The molecule has 0 N–H and O–H groups in total. The van der Waals surface area contributed by atoms with Gasteiger partial charge in [-0.1, -0.05) is 91.0 Å². The van der Waals surface area contributed by atoms with Gasteiger partial charge in [-0.2, -0.15) is 0 Å². The molecule has 0 radical (unpaired) electrons. The van der Waals surface area contributed by atoms with Gasteiger partial charge < -0.3 is 4.90 Å². The molecule has 0 fully saturated rings. The summed E-state index contributed by atoms with van der Waals surface area (Å²) >= 11 is 0. The first kappa shape index (κ1) is 21.1. The second-order valence-electron chi connectivity index (χ2n) is 8.17. The van der Waals surface area contributed by atoms with Crippen LogP contribution >= 0.6 is 0 Å². The zero-order chi connectivity index (χ0) is 20.9. The first-order valence-electron chi connectivity index (χ1n) is 10.4. The first-order chi connectivity index (χ1) is 14.0. The van der Waals surface area contributed by atoms with Crippen molar-refractivity contribution in [1.82, 2.24) is 4.90 Å². The van der Waals surface area contributed by atoms with Crippen LogP contribution in [0, 0.1) is 0 Å². The zero-order valence-corrected chi connectivity index (χ0v) is 18.9. The van der Waals surface area contributed by atoms with E-state index in [1.165, 1.54) is 15.6 Å². The quantitative estimate of drug-likeness (QED) is 0.436. The number of hydrogen-bond donors (Lipinski definition) is 0. The Morgan fingerprint density at radius 2 is 0.966 bits per heavy atom. The number of benzene rings is 3. The number of rotatable bonds is 7. The van der Waals surface area contributed by atoms with Gasteiger partial charge in [0, 0.05) is 18.1 Å². The van der Waals surface area contributed by atoms with Gasteiger partial charge in [-0.15, -0.1) is 0 Å². The maximum Gasteiger partial charge on any atom is 0.221 e. The van der Waals surface area contributed by atoms with Crippen molar-refractivity contribution in [3.63, 3.8) is 0 Å². The van der Waals surface area contributed by atoms with Crippen LogP contribution in [0.25, 0.3) is 0 Å². The number of nitrogens with zero attached hydrogens (tertiary/aromatic N) is 1. The van der Waals surface area contributed by atoms with Crippen molar-refractivity contribution in [2.45, 2.75) is 45.8 Å². The highest BCUT2D eigenvalue weighted by molar-refractivity contribution is 7.12. The predicted octanol–water partition coefficient (Wildman–Crippen LogP) is 3.80. The fourth-order valence-electron chi connectivity index (χ4n) is 4.46. The highest BCUT2D eigenvalue weighted by Crippen LogP contribution is 2.18. The monoisotopic (exact) mass is 401 g/mol. The van der Waals surface area contributed by atoms with Gasteiger partial charge in [-0.3, -0.25) is 4.79 Å². The summed E-state index contributed by atoms with van der Waals surface area (Å²) in [5, 5.41) is 3.83. The van der Waals surface area contributed by atoms with E-state index in [9.17, 15) is 4.79 Å². The molecule has 2 nitrogen and oxygen atoms in total. The Bertz CT molecular complexity index is 803. The van der Waals surface area contributed by atoms with Gasteiger partial charge in [0.1, 0.15) is 0 Å². The number of hydrogen-bond acceptors (Lipinski definition) is 1. The van der Waals surface area contributed by atoms with Crippen LogP contribution in [0.4, 0.5) is 0 Å². The van der Waals surface area contributed by atoms with E-state index in [-0.39, 0.29) is 18.0 Å². The van der Waals surface area contributed by atoms with E-state index >= 15 is 0 Å². The molecule has 3 aromatic carbocycles. The Morgan fingerprint density at radius 3 is 1.24 bits per heavy atom. The predicted molar refractivity (Wildman–Crippen MR) is 126 cm³/mol. The van der Waals surface area contributed by atoms with Crippen molar-refractivity contribution in [2.24, 2.45) is 0 Å². The molecule has 3 aromatic rings. The third-order valence-corrected chi connectivity index (χ3v) is 10.4. The average Bonchev–Trinajstić information content (AvgIpc) is 2.73. The Kier molecular flexibility index (Phi) is 6.70. The molecule has 0 saturated heterocycles. The molecule has 0 saturated carbocycles. The minimum Gasteiger partial charge on any atom is -0.338 e. The van der Waals surface area contributed by atoms with E-state index in [1.54, 1.807) is 0 Å². The Balaban J connectivity index is 2.24. The van der Waals surface area contributed by atoms with Crippen LogP contribution < -0.4 is 15.6 Å². The molecule has 0 atom stereocenters. The molecule has 0 spiro atoms. The molecule has 1 amide bonds. The van der Waals surface area contributed by atoms with Crippen LogP contribution in [0.5, 0.6) is 0 Å². The third kappa shape index (κ3) is 4.35. The standard InChI is InChI=1S/C26H31NOSi/c1-21(2)27(22(3)4)26(28)20-29(23-14-8-5-9-15-23,24-16-10-6-11-17-24)25-18-12-7-13-19-25/h5-19,21-22H,20H2,1-4H3. The van der Waals surface area contributed by atoms with Crippen LogP contribution in [0.3, 0.4) is 0 Å². The van der Waals surface area contributed by atoms with Gasteiger partial charge in [-0.25, -0.2) is 0 Å². The van der Waals surface area contributed by atoms with E-state index in [2.05, 4.69) is 119 Å². The van der Waals surface area contributed by atoms with E-state index in [0.29, 0.717) is 6.04 Å². The van der Waals surface area contributed by atoms with Crippen molar-refractivity contribution in [3.05, 3.63) is 91.0 Å². The van der Waals surface area contributed by atoms with Crippen molar-refractivity contribution in [1.29, 1.82) is 0 Å². The summed E-state index contributed by atoms with van der Waals surface area (Å²) in [6, 6.07) is 32.8. The lowest BCUT2D eigenvalue weighted by molar-refractivity contribution is -0.132. The lowest BCUT2D eigenvalue weighted by atomic mass is 10.2. The molecule has 0 unspecified atom stereocenters. The van der Waals surface area contributed by atoms with Crippen LogP contribution in [0.1, 0.15) is 27.7 Å². The van der Waals surface area contributed by atoms with Crippen molar-refractivity contribution in [2.75, 3.05) is 0 Å². The van der Waals surface area contributed by atoms with Crippen LogP contribution in [-0.2, 0) is 4.79 Å². The molecule has 3 heteroatoms. The highest BCUT2D eigenvalue weighted by atomic mass is 28.3. The second kappa shape index (κ2) is 9.23. The van der Waals surface area contributed by atoms with E-state index < -0.39 is 8.07 Å². The van der Waals surface area contributed by atoms with E-state index in [4.69, 9.17) is 0 Å². The molecule has 0 aromatic heterocycles. The fraction of sp³-hybridized carbons (Fsp3) is 0.269. The lowest BCUT2D eigenvalue weighted by Gasteiger charge is -2.38. The number of carbonyl (C=O) groups excluding carboxylic acids is 1. The first-order valence-corrected chi connectivity index (χ1v) is 12.6. The Morgan fingerprint density at radius 1 is 0.655 bits per heavy atom. The second-order valence-corrected chi connectivity index (χ2v) is 12.1. The molecule has 150 valence electrons. The SMILES string of the molecule is CC(C)N(C(=O)C[Si](c1ccccc1)(c1ccccc1)c1ccccc1)C(C)C. The summed E-state index contributed by atoms with van der Waals surface area (Å²) in [4.78, 5) is 15.8. The average molecular weight is 402 g/mol. The normalized spacial score (nSPS) is 11.7. The summed E-state index contributed by atoms with van der Waals surface area (Å²) in [5.74, 6) is 0.234. The summed E-state index contributed by atoms with van der Waals surface area (Å²) in [6.45, 7) is 8.42. The van der Waals surface area contributed by atoms with Gasteiger partial charge in [0.2, 0.25) is 5.91 Å². The van der Waals surface area contributed by atoms with Crippen molar-refractivity contribution >= 4 is 29.5 Å². The summed E-state index contributed by atoms with van der Waals surface area (Å²) in [7, 11) is -2.53. The molecular weight excluding hydrogens is 370 g/mol. The van der Waals surface area contributed by atoms with Crippen molar-refractivity contribution < 1.29 is 4.79 Å². The van der Waals surface area contributed by atoms with Gasteiger partial charge in [0.15, 0.2) is 8.07 Å². The van der Waals surface area contributed by atoms with Gasteiger partial charge in [-0.05, 0) is 43.3 Å². The topological polar surface area (TPSA) is 20.3 Å². The van der Waals surface area contributed by atoms with Crippen molar-refractivity contribution in [3.8, 4) is 0 Å². The van der Waals surface area contributed by atoms with E-state index in [0.717, 1.165) is 0 Å². The number of carbonyl (C=O) groups is 1. The zero-order valence-electron chi connectivity index (χ0n) is 17.9. The molecule has 0 heterocycles. The molecule has 0 aliphatic carbocycles. The minimum atomic E-state index is -2.53. The maximum atomic E-state index is 13.7. The Hall–Kier alpha value is -2.65. The van der Waals surface area contributed by atoms with Crippen LogP contribution in [0.15, 0.2) is 91.0 Å². The fourth-order valence-corrected chi connectivity index (χ4v) is 9.00. The molecule has 0 bridgehead atoms. The summed E-state index contributed by atoms with van der Waals surface area (Å²) in [6.07, 6.45) is 0.